The maximum absolute atomic E-state index is 6.09. The van der Waals surface area contributed by atoms with Crippen molar-refractivity contribution in [3.63, 3.8) is 0 Å². The van der Waals surface area contributed by atoms with Crippen molar-refractivity contribution >= 4 is 17.1 Å². The summed E-state index contributed by atoms with van der Waals surface area (Å²) in [6, 6.07) is 8.65. The third-order valence-electron chi connectivity index (χ3n) is 3.85. The molecule has 0 radical (unpaired) electrons. The summed E-state index contributed by atoms with van der Waals surface area (Å²) in [5.41, 5.74) is 10.6. The quantitative estimate of drug-likeness (QED) is 0.697. The van der Waals surface area contributed by atoms with Crippen LogP contribution in [0.15, 0.2) is 36.7 Å². The lowest BCUT2D eigenvalue weighted by Gasteiger charge is -2.30. The van der Waals surface area contributed by atoms with Gasteiger partial charge in [0.1, 0.15) is 0 Å². The Morgan fingerprint density at radius 2 is 2.19 bits per heavy atom. The van der Waals surface area contributed by atoms with Crippen LogP contribution in [0.4, 0.5) is 17.1 Å². The van der Waals surface area contributed by atoms with Crippen molar-refractivity contribution in [1.29, 1.82) is 0 Å². The molecule has 0 amide bonds. The van der Waals surface area contributed by atoms with Crippen LogP contribution in [0, 0.1) is 6.92 Å². The summed E-state index contributed by atoms with van der Waals surface area (Å²) < 4.78 is 5.38. The number of anilines is 3. The first-order valence-corrected chi connectivity index (χ1v) is 7.33. The van der Waals surface area contributed by atoms with Gasteiger partial charge in [-0.05, 0) is 43.2 Å². The molecule has 0 bridgehead atoms. The molecule has 0 spiro atoms. The Morgan fingerprint density at radius 3 is 2.90 bits per heavy atom. The molecule has 0 saturated carbocycles. The molecule has 2 aromatic rings. The SMILES string of the molecule is Cc1cc(Nc2cc[nH]c2)ccc1N[C@@H]1CCOC[C@@H]1N. The summed E-state index contributed by atoms with van der Waals surface area (Å²) in [5.74, 6) is 0. The molecule has 1 aromatic heterocycles. The lowest BCUT2D eigenvalue weighted by atomic mass is 10.0. The van der Waals surface area contributed by atoms with Gasteiger partial charge in [-0.1, -0.05) is 0 Å². The van der Waals surface area contributed by atoms with Gasteiger partial charge in [0.05, 0.1) is 12.3 Å². The molecule has 1 aliphatic rings. The van der Waals surface area contributed by atoms with Gasteiger partial charge in [-0.25, -0.2) is 0 Å². The van der Waals surface area contributed by atoms with Crippen molar-refractivity contribution in [3.05, 3.63) is 42.2 Å². The van der Waals surface area contributed by atoms with E-state index in [1.54, 1.807) is 0 Å². The van der Waals surface area contributed by atoms with E-state index in [4.69, 9.17) is 10.5 Å². The molecule has 2 atom stereocenters. The number of ether oxygens (including phenoxy) is 1. The second kappa shape index (κ2) is 6.20. The largest absolute Gasteiger partial charge is 0.380 e. The monoisotopic (exact) mass is 286 g/mol. The average Bonchev–Trinajstić information content (AvgIpc) is 2.97. The smallest absolute Gasteiger partial charge is 0.0637 e. The topological polar surface area (TPSA) is 75.1 Å². The van der Waals surface area contributed by atoms with Gasteiger partial charge in [0.25, 0.3) is 0 Å². The summed E-state index contributed by atoms with van der Waals surface area (Å²) in [6.45, 7) is 3.51. The Kier molecular flexibility index (Phi) is 4.13. The first-order valence-electron chi connectivity index (χ1n) is 7.33. The van der Waals surface area contributed by atoms with E-state index in [1.807, 2.05) is 18.5 Å². The molecule has 21 heavy (non-hydrogen) atoms. The van der Waals surface area contributed by atoms with Crippen molar-refractivity contribution in [1.82, 2.24) is 4.98 Å². The summed E-state index contributed by atoms with van der Waals surface area (Å²) >= 11 is 0. The van der Waals surface area contributed by atoms with Crippen molar-refractivity contribution in [2.24, 2.45) is 5.73 Å². The molecular weight excluding hydrogens is 264 g/mol. The van der Waals surface area contributed by atoms with Crippen LogP contribution >= 0.6 is 0 Å². The molecule has 1 saturated heterocycles. The van der Waals surface area contributed by atoms with Crippen LogP contribution in [0.25, 0.3) is 0 Å². The van der Waals surface area contributed by atoms with Gasteiger partial charge < -0.3 is 26.1 Å². The minimum absolute atomic E-state index is 0.0517. The molecule has 1 aromatic carbocycles. The molecule has 3 rings (SSSR count). The van der Waals surface area contributed by atoms with Crippen LogP contribution in [0.5, 0.6) is 0 Å². The first kappa shape index (κ1) is 14.0. The molecule has 5 nitrogen and oxygen atoms in total. The van der Waals surface area contributed by atoms with E-state index in [0.717, 1.165) is 30.1 Å². The summed E-state index contributed by atoms with van der Waals surface area (Å²) in [6.07, 6.45) is 4.78. The van der Waals surface area contributed by atoms with Crippen LogP contribution < -0.4 is 16.4 Å². The third-order valence-corrected chi connectivity index (χ3v) is 3.85. The fourth-order valence-corrected chi connectivity index (χ4v) is 2.61. The average molecular weight is 286 g/mol. The van der Waals surface area contributed by atoms with Crippen LogP contribution in [-0.2, 0) is 4.74 Å². The Labute approximate surface area is 124 Å². The standard InChI is InChI=1S/C16H22N4O/c1-11-8-12(19-13-4-6-18-9-13)2-3-15(11)20-16-5-7-21-10-14(16)17/h2-4,6,8-9,14,16,18-20H,5,7,10,17H2,1H3/t14-,16+/m0/s1. The van der Waals surface area contributed by atoms with Gasteiger partial charge in [-0.2, -0.15) is 0 Å². The number of aromatic nitrogens is 1. The molecule has 1 aliphatic heterocycles. The molecule has 2 heterocycles. The highest BCUT2D eigenvalue weighted by Crippen LogP contribution is 2.24. The number of aryl methyl sites for hydroxylation is 1. The van der Waals surface area contributed by atoms with E-state index in [-0.39, 0.29) is 12.1 Å². The van der Waals surface area contributed by atoms with Crippen molar-refractivity contribution < 1.29 is 4.74 Å². The third kappa shape index (κ3) is 3.37. The highest BCUT2D eigenvalue weighted by atomic mass is 16.5. The predicted octanol–water partition coefficient (Wildman–Crippen LogP) is 2.59. The molecular formula is C16H22N4O. The Hall–Kier alpha value is -1.98. The van der Waals surface area contributed by atoms with Gasteiger partial charge >= 0.3 is 0 Å². The maximum atomic E-state index is 6.09. The Bertz CT molecular complexity index is 582. The van der Waals surface area contributed by atoms with Crippen LogP contribution in [0.1, 0.15) is 12.0 Å². The van der Waals surface area contributed by atoms with Gasteiger partial charge in [0.2, 0.25) is 0 Å². The minimum atomic E-state index is 0.0517. The number of nitrogens with one attached hydrogen (secondary N) is 3. The van der Waals surface area contributed by atoms with E-state index < -0.39 is 0 Å². The van der Waals surface area contributed by atoms with E-state index in [1.165, 1.54) is 5.56 Å². The number of hydrogen-bond donors (Lipinski definition) is 4. The second-order valence-corrected chi connectivity index (χ2v) is 5.53. The van der Waals surface area contributed by atoms with E-state index in [9.17, 15) is 0 Å². The molecule has 5 N–H and O–H groups in total. The van der Waals surface area contributed by atoms with Crippen molar-refractivity contribution in [3.8, 4) is 0 Å². The predicted molar refractivity (Wildman–Crippen MR) is 86.1 cm³/mol. The number of nitrogens with two attached hydrogens (primary N) is 1. The molecule has 5 heteroatoms. The Balaban J connectivity index is 1.69. The lowest BCUT2D eigenvalue weighted by molar-refractivity contribution is 0.0752. The highest BCUT2D eigenvalue weighted by molar-refractivity contribution is 5.65. The number of aromatic amines is 1. The zero-order chi connectivity index (χ0) is 14.7. The number of benzene rings is 1. The van der Waals surface area contributed by atoms with E-state index in [2.05, 4.69) is 40.7 Å². The fourth-order valence-electron chi connectivity index (χ4n) is 2.61. The maximum Gasteiger partial charge on any atom is 0.0637 e. The van der Waals surface area contributed by atoms with Gasteiger partial charge in [-0.3, -0.25) is 0 Å². The minimum Gasteiger partial charge on any atom is -0.380 e. The molecule has 112 valence electrons. The van der Waals surface area contributed by atoms with E-state index in [0.29, 0.717) is 6.61 Å². The van der Waals surface area contributed by atoms with Crippen LogP contribution in [0.3, 0.4) is 0 Å². The Morgan fingerprint density at radius 1 is 1.29 bits per heavy atom. The van der Waals surface area contributed by atoms with Crippen molar-refractivity contribution in [2.75, 3.05) is 23.8 Å². The molecule has 0 aliphatic carbocycles. The van der Waals surface area contributed by atoms with E-state index >= 15 is 0 Å². The number of hydrogen-bond acceptors (Lipinski definition) is 4. The van der Waals surface area contributed by atoms with Gasteiger partial charge in [0, 0.05) is 42.5 Å². The normalized spacial score (nSPS) is 22.0. The van der Waals surface area contributed by atoms with Gasteiger partial charge in [-0.15, -0.1) is 0 Å². The van der Waals surface area contributed by atoms with Crippen LogP contribution in [0.2, 0.25) is 0 Å². The zero-order valence-corrected chi connectivity index (χ0v) is 12.2. The van der Waals surface area contributed by atoms with Crippen LogP contribution in [-0.4, -0.2) is 30.3 Å². The van der Waals surface area contributed by atoms with Crippen molar-refractivity contribution in [2.45, 2.75) is 25.4 Å². The highest BCUT2D eigenvalue weighted by Gasteiger charge is 2.22. The fraction of sp³-hybridized carbons (Fsp3) is 0.375. The lowest BCUT2D eigenvalue weighted by Crippen LogP contribution is -2.47. The molecule has 0 unspecified atom stereocenters. The number of H-pyrrole nitrogens is 1. The first-order chi connectivity index (χ1) is 10.2. The summed E-state index contributed by atoms with van der Waals surface area (Å²) in [5, 5.41) is 6.91. The molecule has 1 fully saturated rings. The summed E-state index contributed by atoms with van der Waals surface area (Å²) in [7, 11) is 0. The second-order valence-electron chi connectivity index (χ2n) is 5.53. The zero-order valence-electron chi connectivity index (χ0n) is 12.2. The summed E-state index contributed by atoms with van der Waals surface area (Å²) in [4.78, 5) is 3.03. The van der Waals surface area contributed by atoms with Gasteiger partial charge in [0.15, 0.2) is 0 Å². The number of rotatable bonds is 4.